The second-order valence-corrected chi connectivity index (χ2v) is 5.21. The number of rotatable bonds is 0. The third-order valence-electron chi connectivity index (χ3n) is 4.30. The summed E-state index contributed by atoms with van der Waals surface area (Å²) >= 11 is 0. The topological polar surface area (TPSA) is 34.1 Å². The Hall–Kier alpha value is -1.96. The van der Waals surface area contributed by atoms with Gasteiger partial charge in [-0.15, -0.1) is 0 Å². The number of benzene rings is 1. The molecule has 4 aliphatic carbocycles. The van der Waals surface area contributed by atoms with Crippen molar-refractivity contribution in [1.29, 1.82) is 0 Å². The second kappa shape index (κ2) is 3.29. The minimum absolute atomic E-state index is 0.0688. The minimum Gasteiger partial charge on any atom is -0.289 e. The van der Waals surface area contributed by atoms with Crippen molar-refractivity contribution in [2.24, 2.45) is 11.8 Å². The van der Waals surface area contributed by atoms with Crippen molar-refractivity contribution in [2.75, 3.05) is 0 Å². The molecule has 0 unspecified atom stereocenters. The lowest BCUT2D eigenvalue weighted by atomic mass is 9.65. The van der Waals surface area contributed by atoms with Gasteiger partial charge in [0.2, 0.25) is 0 Å². The molecule has 2 nitrogen and oxygen atoms in total. The number of Topliss-reactive ketones (excluding diaryl/α,β-unsaturated/α-hetero) is 2. The molecule has 0 heterocycles. The summed E-state index contributed by atoms with van der Waals surface area (Å²) in [5.41, 5.74) is 2.72. The maximum absolute atomic E-state index is 12.5. The molecular formula is C16H12O2. The van der Waals surface area contributed by atoms with E-state index in [2.05, 4.69) is 12.2 Å². The predicted octanol–water partition coefficient (Wildman–Crippen LogP) is 2.96. The van der Waals surface area contributed by atoms with Crippen LogP contribution in [0.5, 0.6) is 0 Å². The number of carbonyl (C=O) groups is 2. The van der Waals surface area contributed by atoms with Gasteiger partial charge in [0.1, 0.15) is 0 Å². The van der Waals surface area contributed by atoms with Gasteiger partial charge in [-0.2, -0.15) is 0 Å². The van der Waals surface area contributed by atoms with Crippen LogP contribution in [0.4, 0.5) is 0 Å². The third kappa shape index (κ3) is 1.08. The lowest BCUT2D eigenvalue weighted by Gasteiger charge is -2.37. The highest BCUT2D eigenvalue weighted by molar-refractivity contribution is 6.27. The first kappa shape index (κ1) is 10.0. The molecule has 0 spiro atoms. The summed E-state index contributed by atoms with van der Waals surface area (Å²) in [4.78, 5) is 25.1. The molecule has 0 aromatic heterocycles. The van der Waals surface area contributed by atoms with E-state index in [-0.39, 0.29) is 23.4 Å². The Morgan fingerprint density at radius 1 is 0.778 bits per heavy atom. The third-order valence-corrected chi connectivity index (χ3v) is 4.30. The van der Waals surface area contributed by atoms with Crippen LogP contribution in [0.25, 0.3) is 0 Å². The van der Waals surface area contributed by atoms with E-state index in [1.807, 2.05) is 12.1 Å². The molecule has 2 atom stereocenters. The maximum atomic E-state index is 12.5. The number of carbonyl (C=O) groups excluding carboxylic acids is 2. The molecule has 0 aliphatic heterocycles. The van der Waals surface area contributed by atoms with Crippen molar-refractivity contribution in [3.8, 4) is 0 Å². The molecule has 0 radical (unpaired) electrons. The average Bonchev–Trinajstić information content (AvgIpc) is 2.45. The zero-order valence-corrected chi connectivity index (χ0v) is 9.85. The summed E-state index contributed by atoms with van der Waals surface area (Å²) in [6.07, 6.45) is 6.21. The molecule has 0 fully saturated rings. The van der Waals surface area contributed by atoms with Gasteiger partial charge >= 0.3 is 0 Å². The zero-order valence-electron chi connectivity index (χ0n) is 9.85. The molecule has 5 rings (SSSR count). The van der Waals surface area contributed by atoms with Gasteiger partial charge in [0, 0.05) is 34.1 Å². The van der Waals surface area contributed by atoms with Crippen LogP contribution in [0.3, 0.4) is 0 Å². The Bertz CT molecular complexity index is 594. The minimum atomic E-state index is 0.0688. The summed E-state index contributed by atoms with van der Waals surface area (Å²) in [6, 6.07) is 7.19. The van der Waals surface area contributed by atoms with Crippen molar-refractivity contribution in [2.45, 2.75) is 12.8 Å². The van der Waals surface area contributed by atoms with Gasteiger partial charge in [0.15, 0.2) is 11.6 Å². The molecule has 0 saturated carbocycles. The van der Waals surface area contributed by atoms with Crippen molar-refractivity contribution in [3.05, 3.63) is 58.7 Å². The molecule has 18 heavy (non-hydrogen) atoms. The Labute approximate surface area is 105 Å². The lowest BCUT2D eigenvalue weighted by molar-refractivity contribution is 0.0949. The van der Waals surface area contributed by atoms with Crippen LogP contribution in [0.2, 0.25) is 0 Å². The Morgan fingerprint density at radius 3 is 1.61 bits per heavy atom. The molecule has 1 aromatic carbocycles. The first-order valence-electron chi connectivity index (χ1n) is 6.38. The van der Waals surface area contributed by atoms with Gasteiger partial charge in [-0.25, -0.2) is 0 Å². The summed E-state index contributed by atoms with van der Waals surface area (Å²) < 4.78 is 0. The van der Waals surface area contributed by atoms with Crippen LogP contribution in [0, 0.1) is 11.8 Å². The smallest absolute Gasteiger partial charge is 0.190 e. The van der Waals surface area contributed by atoms with E-state index in [0.29, 0.717) is 11.1 Å². The Balaban J connectivity index is 1.99. The van der Waals surface area contributed by atoms with Crippen molar-refractivity contribution < 1.29 is 9.59 Å². The zero-order chi connectivity index (χ0) is 12.3. The molecule has 0 saturated heterocycles. The number of allylic oxidation sites excluding steroid dienone is 4. The highest BCUT2D eigenvalue weighted by atomic mass is 16.1. The standard InChI is InChI=1S/C16H12O2/c17-15-11-3-1-2-4-12(11)16(18)14-10-7-5-9(6-8-10)13(14)15/h1-5,7,9-10H,6,8H2/t9-,10-/m0/s1. The second-order valence-electron chi connectivity index (χ2n) is 5.21. The van der Waals surface area contributed by atoms with E-state index >= 15 is 0 Å². The first-order valence-corrected chi connectivity index (χ1v) is 6.38. The van der Waals surface area contributed by atoms with E-state index in [0.717, 1.165) is 24.0 Å². The molecule has 4 aliphatic rings. The van der Waals surface area contributed by atoms with Gasteiger partial charge in [-0.05, 0) is 12.8 Å². The van der Waals surface area contributed by atoms with Gasteiger partial charge in [0.05, 0.1) is 0 Å². The Kier molecular flexibility index (Phi) is 1.83. The largest absolute Gasteiger partial charge is 0.289 e. The molecule has 2 bridgehead atoms. The number of hydrogen-bond donors (Lipinski definition) is 0. The van der Waals surface area contributed by atoms with Crippen LogP contribution >= 0.6 is 0 Å². The molecular weight excluding hydrogens is 224 g/mol. The lowest BCUT2D eigenvalue weighted by Crippen LogP contribution is -2.34. The summed E-state index contributed by atoms with van der Waals surface area (Å²) in [5.74, 6) is 0.461. The summed E-state index contributed by atoms with van der Waals surface area (Å²) in [7, 11) is 0. The fraction of sp³-hybridized carbons (Fsp3) is 0.250. The van der Waals surface area contributed by atoms with Crippen molar-refractivity contribution in [1.82, 2.24) is 0 Å². The molecule has 0 amide bonds. The van der Waals surface area contributed by atoms with Crippen LogP contribution in [-0.4, -0.2) is 11.6 Å². The van der Waals surface area contributed by atoms with E-state index in [9.17, 15) is 9.59 Å². The van der Waals surface area contributed by atoms with Crippen molar-refractivity contribution >= 4 is 11.6 Å². The van der Waals surface area contributed by atoms with Gasteiger partial charge in [-0.3, -0.25) is 9.59 Å². The van der Waals surface area contributed by atoms with Crippen molar-refractivity contribution in [3.63, 3.8) is 0 Å². The average molecular weight is 236 g/mol. The summed E-state index contributed by atoms with van der Waals surface area (Å²) in [6.45, 7) is 0. The Morgan fingerprint density at radius 2 is 1.22 bits per heavy atom. The predicted molar refractivity (Wildman–Crippen MR) is 67.5 cm³/mol. The number of fused-ring (bicyclic) bond motifs is 2. The van der Waals surface area contributed by atoms with E-state index in [1.165, 1.54) is 0 Å². The molecule has 1 aromatic rings. The maximum Gasteiger partial charge on any atom is 0.190 e. The quantitative estimate of drug-likeness (QED) is 0.649. The van der Waals surface area contributed by atoms with Crippen LogP contribution in [0.1, 0.15) is 33.6 Å². The van der Waals surface area contributed by atoms with E-state index in [4.69, 9.17) is 0 Å². The molecule has 0 N–H and O–H groups in total. The van der Waals surface area contributed by atoms with E-state index in [1.54, 1.807) is 12.1 Å². The number of ketones is 2. The molecule has 2 heteroatoms. The number of hydrogen-bond acceptors (Lipinski definition) is 2. The summed E-state index contributed by atoms with van der Waals surface area (Å²) in [5, 5.41) is 0. The SMILES string of the molecule is O=C1C2=C(C(=O)c3ccccc31)[C@H]1C=C[C@H]2CC1. The highest BCUT2D eigenvalue weighted by Crippen LogP contribution is 2.45. The normalized spacial score (nSPS) is 28.4. The molecule has 88 valence electrons. The van der Waals surface area contributed by atoms with Crippen LogP contribution < -0.4 is 0 Å². The van der Waals surface area contributed by atoms with E-state index < -0.39 is 0 Å². The van der Waals surface area contributed by atoms with Crippen LogP contribution in [-0.2, 0) is 0 Å². The first-order chi connectivity index (χ1) is 8.77. The van der Waals surface area contributed by atoms with Gasteiger partial charge in [0.25, 0.3) is 0 Å². The van der Waals surface area contributed by atoms with Gasteiger partial charge in [-0.1, -0.05) is 36.4 Å². The fourth-order valence-corrected chi connectivity index (χ4v) is 3.45. The monoisotopic (exact) mass is 236 g/mol. The highest BCUT2D eigenvalue weighted by Gasteiger charge is 2.42. The fourth-order valence-electron chi connectivity index (χ4n) is 3.45. The van der Waals surface area contributed by atoms with Gasteiger partial charge < -0.3 is 0 Å². The van der Waals surface area contributed by atoms with Crippen LogP contribution in [0.15, 0.2) is 47.6 Å².